The van der Waals surface area contributed by atoms with Gasteiger partial charge in [0.2, 0.25) is 5.91 Å². The molecule has 0 aliphatic rings. The molecule has 1 unspecified atom stereocenters. The minimum Gasteiger partial charge on any atom is -0.481 e. The van der Waals surface area contributed by atoms with Crippen molar-refractivity contribution in [3.05, 3.63) is 29.3 Å². The lowest BCUT2D eigenvalue weighted by Gasteiger charge is -2.16. The molecule has 0 fully saturated rings. The Morgan fingerprint density at radius 3 is 2.32 bits per heavy atom. The van der Waals surface area contributed by atoms with Crippen molar-refractivity contribution in [2.24, 2.45) is 5.73 Å². The van der Waals surface area contributed by atoms with E-state index >= 15 is 0 Å². The van der Waals surface area contributed by atoms with E-state index in [9.17, 15) is 19.2 Å². The predicted octanol–water partition coefficient (Wildman–Crippen LogP) is -0.584. The van der Waals surface area contributed by atoms with Crippen LogP contribution in [0.3, 0.4) is 0 Å². The highest BCUT2D eigenvalue weighted by Gasteiger charge is 2.24. The number of benzene rings is 1. The predicted molar refractivity (Wildman–Crippen MR) is 75.1 cm³/mol. The number of carboxylic acids is 2. The highest BCUT2D eigenvalue weighted by molar-refractivity contribution is 6.08. The average Bonchev–Trinajstić information content (AvgIpc) is 2.41. The number of rotatable bonds is 7. The summed E-state index contributed by atoms with van der Waals surface area (Å²) < 4.78 is 0. The summed E-state index contributed by atoms with van der Waals surface area (Å²) in [4.78, 5) is 45.0. The third kappa shape index (κ3) is 4.20. The average molecular weight is 309 g/mol. The quantitative estimate of drug-likeness (QED) is 0.419. The van der Waals surface area contributed by atoms with Gasteiger partial charge in [-0.15, -0.1) is 0 Å². The summed E-state index contributed by atoms with van der Waals surface area (Å²) in [5.74, 6) is -4.35. The van der Waals surface area contributed by atoms with Crippen LogP contribution in [0.5, 0.6) is 0 Å². The van der Waals surface area contributed by atoms with Crippen LogP contribution in [0.4, 0.5) is 5.69 Å². The standard InChI is InChI=1S/C13H15N3O6/c14-7-3-1-2-6(10(7)13(21)22)12(20)16-8(11(15)19)4-5-9(17)18/h1-3,8H,4-5,14H2,(H2,15,19)(H,16,20)(H,17,18)(H,21,22). The molecule has 0 radical (unpaired) electrons. The smallest absolute Gasteiger partial charge is 0.338 e. The highest BCUT2D eigenvalue weighted by Crippen LogP contribution is 2.17. The second-order valence-corrected chi connectivity index (χ2v) is 4.44. The first-order chi connectivity index (χ1) is 10.2. The van der Waals surface area contributed by atoms with E-state index in [1.807, 2.05) is 0 Å². The molecule has 0 aliphatic carbocycles. The van der Waals surface area contributed by atoms with Gasteiger partial charge in [-0.1, -0.05) is 6.07 Å². The Bertz CT molecular complexity index is 628. The van der Waals surface area contributed by atoms with E-state index in [4.69, 9.17) is 21.7 Å². The van der Waals surface area contributed by atoms with E-state index in [-0.39, 0.29) is 24.1 Å². The fourth-order valence-electron chi connectivity index (χ4n) is 1.79. The Labute approximate surface area is 124 Å². The lowest BCUT2D eigenvalue weighted by molar-refractivity contribution is -0.137. The molecule has 7 N–H and O–H groups in total. The fraction of sp³-hybridized carbons (Fsp3) is 0.231. The molecule has 2 amide bonds. The van der Waals surface area contributed by atoms with E-state index in [1.54, 1.807) is 0 Å². The Kier molecular flexibility index (Phi) is 5.44. The zero-order valence-corrected chi connectivity index (χ0v) is 11.4. The van der Waals surface area contributed by atoms with Crippen LogP contribution in [0.15, 0.2) is 18.2 Å². The number of aliphatic carboxylic acids is 1. The van der Waals surface area contributed by atoms with Crippen LogP contribution >= 0.6 is 0 Å². The minimum atomic E-state index is -1.40. The van der Waals surface area contributed by atoms with Gasteiger partial charge in [-0.2, -0.15) is 0 Å². The third-order valence-electron chi connectivity index (χ3n) is 2.85. The number of amides is 2. The van der Waals surface area contributed by atoms with Gasteiger partial charge in [-0.05, 0) is 18.6 Å². The lowest BCUT2D eigenvalue weighted by Crippen LogP contribution is -2.45. The summed E-state index contributed by atoms with van der Waals surface area (Å²) >= 11 is 0. The number of nitrogens with one attached hydrogen (secondary N) is 1. The third-order valence-corrected chi connectivity index (χ3v) is 2.85. The molecule has 0 saturated carbocycles. The molecule has 1 rings (SSSR count). The van der Waals surface area contributed by atoms with Crippen LogP contribution in [-0.4, -0.2) is 40.0 Å². The van der Waals surface area contributed by atoms with Crippen molar-refractivity contribution < 1.29 is 29.4 Å². The molecule has 0 heterocycles. The molecule has 22 heavy (non-hydrogen) atoms. The molecule has 1 aromatic carbocycles. The van der Waals surface area contributed by atoms with Gasteiger partial charge >= 0.3 is 11.9 Å². The molecule has 0 saturated heterocycles. The molecule has 0 spiro atoms. The van der Waals surface area contributed by atoms with Crippen LogP contribution in [0.2, 0.25) is 0 Å². The molecule has 1 atom stereocenters. The summed E-state index contributed by atoms with van der Waals surface area (Å²) in [5.41, 5.74) is 9.86. The molecule has 0 aromatic heterocycles. The summed E-state index contributed by atoms with van der Waals surface area (Å²) in [6.07, 6.45) is -0.586. The summed E-state index contributed by atoms with van der Waals surface area (Å²) in [7, 11) is 0. The number of carboxylic acid groups (broad SMARTS) is 2. The van der Waals surface area contributed by atoms with Crippen LogP contribution < -0.4 is 16.8 Å². The van der Waals surface area contributed by atoms with Gasteiger partial charge in [0, 0.05) is 12.1 Å². The number of primary amides is 1. The molecule has 1 aromatic rings. The normalized spacial score (nSPS) is 11.5. The number of carbonyl (C=O) groups is 4. The fourth-order valence-corrected chi connectivity index (χ4v) is 1.79. The number of hydrogen-bond acceptors (Lipinski definition) is 5. The SMILES string of the molecule is NC(=O)C(CCC(=O)O)NC(=O)c1cccc(N)c1C(=O)O. The number of carbonyl (C=O) groups excluding carboxylic acids is 2. The highest BCUT2D eigenvalue weighted by atomic mass is 16.4. The zero-order valence-electron chi connectivity index (χ0n) is 11.4. The monoisotopic (exact) mass is 309 g/mol. The van der Waals surface area contributed by atoms with Crippen molar-refractivity contribution in [3.63, 3.8) is 0 Å². The Hall–Kier alpha value is -3.10. The van der Waals surface area contributed by atoms with Gasteiger partial charge in [-0.3, -0.25) is 14.4 Å². The first-order valence-corrected chi connectivity index (χ1v) is 6.17. The number of nitrogen functional groups attached to an aromatic ring is 1. The van der Waals surface area contributed by atoms with Crippen molar-refractivity contribution in [3.8, 4) is 0 Å². The van der Waals surface area contributed by atoms with Gasteiger partial charge in [0.1, 0.15) is 6.04 Å². The van der Waals surface area contributed by atoms with Gasteiger partial charge in [0.05, 0.1) is 11.1 Å². The minimum absolute atomic E-state index is 0.110. The van der Waals surface area contributed by atoms with Crippen LogP contribution in [0.25, 0.3) is 0 Å². The maximum absolute atomic E-state index is 12.1. The largest absolute Gasteiger partial charge is 0.481 e. The number of aromatic carboxylic acids is 1. The van der Waals surface area contributed by atoms with Gasteiger partial charge in [-0.25, -0.2) is 4.79 Å². The van der Waals surface area contributed by atoms with Gasteiger partial charge < -0.3 is 27.0 Å². The molecular formula is C13H15N3O6. The van der Waals surface area contributed by atoms with E-state index in [1.165, 1.54) is 18.2 Å². The Morgan fingerprint density at radius 1 is 1.18 bits per heavy atom. The summed E-state index contributed by atoms with van der Waals surface area (Å²) in [6.45, 7) is 0. The molecule has 9 nitrogen and oxygen atoms in total. The first kappa shape index (κ1) is 17.0. The van der Waals surface area contributed by atoms with Crippen LogP contribution in [0.1, 0.15) is 33.6 Å². The Balaban J connectivity index is 3.00. The lowest BCUT2D eigenvalue weighted by atomic mass is 10.0. The first-order valence-electron chi connectivity index (χ1n) is 6.17. The maximum Gasteiger partial charge on any atom is 0.338 e. The van der Waals surface area contributed by atoms with E-state index < -0.39 is 35.4 Å². The van der Waals surface area contributed by atoms with E-state index in [0.717, 1.165) is 0 Å². The Morgan fingerprint density at radius 2 is 1.82 bits per heavy atom. The molecule has 9 heteroatoms. The van der Waals surface area contributed by atoms with Crippen molar-refractivity contribution in [2.75, 3.05) is 5.73 Å². The van der Waals surface area contributed by atoms with Crippen molar-refractivity contribution in [2.45, 2.75) is 18.9 Å². The van der Waals surface area contributed by atoms with Crippen molar-refractivity contribution in [1.29, 1.82) is 0 Å². The number of anilines is 1. The van der Waals surface area contributed by atoms with Crippen molar-refractivity contribution in [1.82, 2.24) is 5.32 Å². The number of hydrogen-bond donors (Lipinski definition) is 5. The summed E-state index contributed by atoms with van der Waals surface area (Å²) in [5, 5.41) is 19.9. The van der Waals surface area contributed by atoms with Gasteiger partial charge in [0.25, 0.3) is 5.91 Å². The number of nitrogens with two attached hydrogens (primary N) is 2. The molecular weight excluding hydrogens is 294 g/mol. The maximum atomic E-state index is 12.1. The second kappa shape index (κ2) is 7.07. The van der Waals surface area contributed by atoms with E-state index in [0.29, 0.717) is 0 Å². The second-order valence-electron chi connectivity index (χ2n) is 4.44. The molecule has 0 bridgehead atoms. The van der Waals surface area contributed by atoms with E-state index in [2.05, 4.69) is 5.32 Å². The molecule has 0 aliphatic heterocycles. The van der Waals surface area contributed by atoms with Crippen LogP contribution in [-0.2, 0) is 9.59 Å². The molecule has 118 valence electrons. The zero-order chi connectivity index (χ0) is 16.9. The van der Waals surface area contributed by atoms with Gasteiger partial charge in [0.15, 0.2) is 0 Å². The van der Waals surface area contributed by atoms with Crippen molar-refractivity contribution >= 4 is 29.4 Å². The topological polar surface area (TPSA) is 173 Å². The van der Waals surface area contributed by atoms with Crippen LogP contribution in [0, 0.1) is 0 Å². The summed E-state index contributed by atoms with van der Waals surface area (Å²) in [6, 6.07) is 2.69.